The summed E-state index contributed by atoms with van der Waals surface area (Å²) in [5.74, 6) is -0.255. The van der Waals surface area contributed by atoms with Gasteiger partial charge in [-0.15, -0.1) is 0 Å². The van der Waals surface area contributed by atoms with Crippen LogP contribution < -0.4 is 5.32 Å². The van der Waals surface area contributed by atoms with Crippen LogP contribution in [-0.4, -0.2) is 17.6 Å². The summed E-state index contributed by atoms with van der Waals surface area (Å²) in [6, 6.07) is 7.19. The van der Waals surface area contributed by atoms with Crippen LogP contribution in [0.4, 0.5) is 0 Å². The molecule has 1 rings (SSSR count). The Morgan fingerprint density at radius 2 is 2.00 bits per heavy atom. The van der Waals surface area contributed by atoms with Gasteiger partial charge in [-0.2, -0.15) is 0 Å². The standard InChI is InChI=1S/C14H20ClNO2/c1-10(13(17)18-14(2,3)4)16-9-11-7-5-6-8-12(11)15/h5-8,10,16H,9H2,1-4H3. The average molecular weight is 270 g/mol. The van der Waals surface area contributed by atoms with Gasteiger partial charge in [0, 0.05) is 11.6 Å². The molecule has 0 bridgehead atoms. The molecular weight excluding hydrogens is 250 g/mol. The van der Waals surface area contributed by atoms with Crippen LogP contribution in [-0.2, 0) is 16.1 Å². The van der Waals surface area contributed by atoms with Gasteiger partial charge in [-0.05, 0) is 39.3 Å². The fraction of sp³-hybridized carbons (Fsp3) is 0.500. The molecule has 0 saturated carbocycles. The first-order chi connectivity index (χ1) is 8.29. The van der Waals surface area contributed by atoms with Crippen LogP contribution in [0.3, 0.4) is 0 Å². The molecule has 3 nitrogen and oxygen atoms in total. The van der Waals surface area contributed by atoms with Gasteiger partial charge < -0.3 is 10.1 Å². The van der Waals surface area contributed by atoms with Gasteiger partial charge in [0.1, 0.15) is 11.6 Å². The van der Waals surface area contributed by atoms with E-state index in [1.54, 1.807) is 6.92 Å². The Morgan fingerprint density at radius 1 is 1.39 bits per heavy atom. The van der Waals surface area contributed by atoms with Crippen molar-refractivity contribution in [2.24, 2.45) is 0 Å². The van der Waals surface area contributed by atoms with E-state index in [0.717, 1.165) is 5.56 Å². The zero-order valence-electron chi connectivity index (χ0n) is 11.3. The second-order valence-corrected chi connectivity index (χ2v) is 5.63. The Balaban J connectivity index is 2.49. The highest BCUT2D eigenvalue weighted by molar-refractivity contribution is 6.31. The zero-order chi connectivity index (χ0) is 13.8. The smallest absolute Gasteiger partial charge is 0.323 e. The number of benzene rings is 1. The quantitative estimate of drug-likeness (QED) is 0.854. The van der Waals surface area contributed by atoms with E-state index in [1.165, 1.54) is 0 Å². The molecule has 100 valence electrons. The largest absolute Gasteiger partial charge is 0.459 e. The average Bonchev–Trinajstić information content (AvgIpc) is 2.25. The van der Waals surface area contributed by atoms with Gasteiger partial charge in [0.25, 0.3) is 0 Å². The van der Waals surface area contributed by atoms with Gasteiger partial charge in [0.15, 0.2) is 0 Å². The van der Waals surface area contributed by atoms with E-state index in [9.17, 15) is 4.79 Å². The Hall–Kier alpha value is -1.06. The molecule has 0 amide bonds. The minimum atomic E-state index is -0.461. The molecule has 0 aliphatic rings. The Labute approximate surface area is 113 Å². The lowest BCUT2D eigenvalue weighted by Crippen LogP contribution is -2.38. The molecule has 0 heterocycles. The third-order valence-electron chi connectivity index (χ3n) is 2.32. The zero-order valence-corrected chi connectivity index (χ0v) is 12.0. The van der Waals surface area contributed by atoms with E-state index in [-0.39, 0.29) is 12.0 Å². The number of carbonyl (C=O) groups is 1. The fourth-order valence-corrected chi connectivity index (χ4v) is 1.58. The predicted octanol–water partition coefficient (Wildman–Crippen LogP) is 3.16. The molecule has 1 unspecified atom stereocenters. The molecule has 0 aliphatic heterocycles. The number of carbonyl (C=O) groups excluding carboxylic acids is 1. The molecular formula is C14H20ClNO2. The summed E-state index contributed by atoms with van der Waals surface area (Å²) < 4.78 is 5.28. The van der Waals surface area contributed by atoms with Gasteiger partial charge in [-0.25, -0.2) is 0 Å². The number of nitrogens with one attached hydrogen (secondary N) is 1. The maximum absolute atomic E-state index is 11.7. The minimum absolute atomic E-state index is 0.255. The molecule has 0 fully saturated rings. The second kappa shape index (κ2) is 6.21. The summed E-state index contributed by atoms with van der Waals surface area (Å²) in [5, 5.41) is 3.80. The molecule has 0 aromatic heterocycles. The van der Waals surface area contributed by atoms with Gasteiger partial charge in [-0.1, -0.05) is 29.8 Å². The maximum Gasteiger partial charge on any atom is 0.323 e. The van der Waals surface area contributed by atoms with E-state index in [0.29, 0.717) is 11.6 Å². The summed E-state index contributed by atoms with van der Waals surface area (Å²) in [4.78, 5) is 11.7. The van der Waals surface area contributed by atoms with Crippen LogP contribution in [0, 0.1) is 0 Å². The van der Waals surface area contributed by atoms with Crippen LogP contribution in [0.1, 0.15) is 33.3 Å². The molecule has 1 aromatic carbocycles. The molecule has 0 radical (unpaired) electrons. The van der Waals surface area contributed by atoms with Crippen LogP contribution in [0.5, 0.6) is 0 Å². The van der Waals surface area contributed by atoms with Crippen molar-refractivity contribution in [3.8, 4) is 0 Å². The fourth-order valence-electron chi connectivity index (χ4n) is 1.38. The Morgan fingerprint density at radius 3 is 2.56 bits per heavy atom. The minimum Gasteiger partial charge on any atom is -0.459 e. The highest BCUT2D eigenvalue weighted by Crippen LogP contribution is 2.15. The van der Waals surface area contributed by atoms with Crippen LogP contribution in [0.2, 0.25) is 5.02 Å². The molecule has 4 heteroatoms. The number of esters is 1. The lowest BCUT2D eigenvalue weighted by molar-refractivity contribution is -0.157. The first-order valence-corrected chi connectivity index (χ1v) is 6.37. The Kier molecular flexibility index (Phi) is 5.17. The van der Waals surface area contributed by atoms with Gasteiger partial charge >= 0.3 is 5.97 Å². The third kappa shape index (κ3) is 5.07. The normalized spacial score (nSPS) is 13.2. The molecule has 0 spiro atoms. The lowest BCUT2D eigenvalue weighted by Gasteiger charge is -2.22. The van der Waals surface area contributed by atoms with Crippen molar-refractivity contribution in [3.63, 3.8) is 0 Å². The highest BCUT2D eigenvalue weighted by atomic mass is 35.5. The summed E-state index contributed by atoms with van der Waals surface area (Å²) in [5.41, 5.74) is 0.506. The van der Waals surface area contributed by atoms with Crippen molar-refractivity contribution in [2.45, 2.75) is 45.9 Å². The first-order valence-electron chi connectivity index (χ1n) is 5.99. The maximum atomic E-state index is 11.7. The number of rotatable bonds is 4. The first kappa shape index (κ1) is 15.0. The summed E-state index contributed by atoms with van der Waals surface area (Å²) in [7, 11) is 0. The van der Waals surface area contributed by atoms with Crippen molar-refractivity contribution in [3.05, 3.63) is 34.9 Å². The number of hydrogen-bond acceptors (Lipinski definition) is 3. The molecule has 0 saturated heterocycles. The third-order valence-corrected chi connectivity index (χ3v) is 2.69. The number of halogens is 1. The van der Waals surface area contributed by atoms with E-state index < -0.39 is 5.60 Å². The topological polar surface area (TPSA) is 38.3 Å². The SMILES string of the molecule is CC(NCc1ccccc1Cl)C(=O)OC(C)(C)C. The number of ether oxygens (including phenoxy) is 1. The van der Waals surface area contributed by atoms with E-state index in [2.05, 4.69) is 5.32 Å². The van der Waals surface area contributed by atoms with Crippen molar-refractivity contribution >= 4 is 17.6 Å². The molecule has 0 aliphatic carbocycles. The van der Waals surface area contributed by atoms with Crippen molar-refractivity contribution < 1.29 is 9.53 Å². The van der Waals surface area contributed by atoms with Crippen molar-refractivity contribution in [2.75, 3.05) is 0 Å². The van der Waals surface area contributed by atoms with Crippen molar-refractivity contribution in [1.29, 1.82) is 0 Å². The molecule has 1 atom stereocenters. The van der Waals surface area contributed by atoms with E-state index in [1.807, 2.05) is 45.0 Å². The summed E-state index contributed by atoms with van der Waals surface area (Å²) >= 11 is 6.04. The van der Waals surface area contributed by atoms with E-state index in [4.69, 9.17) is 16.3 Å². The number of hydrogen-bond donors (Lipinski definition) is 1. The van der Waals surface area contributed by atoms with E-state index >= 15 is 0 Å². The summed E-state index contributed by atoms with van der Waals surface area (Å²) in [6.45, 7) is 7.88. The highest BCUT2D eigenvalue weighted by Gasteiger charge is 2.21. The Bertz CT molecular complexity index is 413. The van der Waals surface area contributed by atoms with Crippen molar-refractivity contribution in [1.82, 2.24) is 5.32 Å². The van der Waals surface area contributed by atoms with Crippen LogP contribution >= 0.6 is 11.6 Å². The van der Waals surface area contributed by atoms with Gasteiger partial charge in [0.05, 0.1) is 0 Å². The van der Waals surface area contributed by atoms with Crippen LogP contribution in [0.25, 0.3) is 0 Å². The van der Waals surface area contributed by atoms with Gasteiger partial charge in [0.2, 0.25) is 0 Å². The molecule has 18 heavy (non-hydrogen) atoms. The monoisotopic (exact) mass is 269 g/mol. The van der Waals surface area contributed by atoms with Crippen LogP contribution in [0.15, 0.2) is 24.3 Å². The molecule has 1 N–H and O–H groups in total. The predicted molar refractivity (Wildman–Crippen MR) is 73.6 cm³/mol. The lowest BCUT2D eigenvalue weighted by atomic mass is 10.2. The second-order valence-electron chi connectivity index (χ2n) is 5.23. The molecule has 1 aromatic rings. The summed E-state index contributed by atoms with van der Waals surface area (Å²) in [6.07, 6.45) is 0. The van der Waals surface area contributed by atoms with Gasteiger partial charge in [-0.3, -0.25) is 4.79 Å².